The maximum atomic E-state index is 2.59. The molecule has 9 aromatic carbocycles. The summed E-state index contributed by atoms with van der Waals surface area (Å²) in [7, 11) is 0. The average molecular weight is 850 g/mol. The zero-order chi connectivity index (χ0) is 45.2. The highest BCUT2D eigenvalue weighted by molar-refractivity contribution is 5.99. The first-order valence-corrected chi connectivity index (χ1v) is 23.7. The lowest BCUT2D eigenvalue weighted by atomic mass is 9.67. The van der Waals surface area contributed by atoms with Crippen LogP contribution in [0.4, 0.5) is 17.1 Å². The molecule has 320 valence electrons. The van der Waals surface area contributed by atoms with Gasteiger partial charge in [0.1, 0.15) is 0 Å². The molecule has 0 aromatic heterocycles. The second-order valence-corrected chi connectivity index (χ2v) is 20.9. The van der Waals surface area contributed by atoms with Gasteiger partial charge < -0.3 is 4.90 Å². The molecule has 0 radical (unpaired) electrons. The van der Waals surface area contributed by atoms with Gasteiger partial charge in [-0.2, -0.15) is 0 Å². The minimum Gasteiger partial charge on any atom is -0.310 e. The van der Waals surface area contributed by atoms with E-state index in [2.05, 4.69) is 260 Å². The molecule has 0 atom stereocenters. The maximum Gasteiger partial charge on any atom is 0.0713 e. The lowest BCUT2D eigenvalue weighted by molar-refractivity contribution is 0.590. The zero-order valence-electron chi connectivity index (χ0n) is 39.1. The molecule has 0 fully saturated rings. The van der Waals surface area contributed by atoms with E-state index in [1.165, 1.54) is 100 Å². The summed E-state index contributed by atoms with van der Waals surface area (Å²) in [5, 5.41) is 0. The SMILES string of the molecule is CC(C)(C)c1cc(-c2cccc3c2-c2ccccc2C3(c2ccccc2)c2ccccc2)cc(N(c2ccc3c(c2)C(C)(C)c2ccccc2-3)c2cccc3c2-c2ccccc2C3(C)C)c1. The third-order valence-corrected chi connectivity index (χ3v) is 15.5. The van der Waals surface area contributed by atoms with Gasteiger partial charge in [-0.05, 0) is 125 Å². The van der Waals surface area contributed by atoms with Gasteiger partial charge in [0.05, 0.1) is 11.1 Å². The van der Waals surface area contributed by atoms with E-state index in [9.17, 15) is 0 Å². The molecule has 0 spiro atoms. The highest BCUT2D eigenvalue weighted by atomic mass is 15.1. The molecule has 0 bridgehead atoms. The normalized spacial score (nSPS) is 15.3. The van der Waals surface area contributed by atoms with E-state index in [0.717, 1.165) is 11.4 Å². The van der Waals surface area contributed by atoms with E-state index in [-0.39, 0.29) is 16.2 Å². The Balaban J connectivity index is 1.15. The van der Waals surface area contributed by atoms with Gasteiger partial charge in [-0.15, -0.1) is 0 Å². The van der Waals surface area contributed by atoms with Gasteiger partial charge in [0, 0.05) is 27.8 Å². The van der Waals surface area contributed by atoms with Crippen molar-refractivity contribution in [3.8, 4) is 44.5 Å². The standard InChI is InChI=1S/C65H55N/c1-62(2,3)45-38-42(48-29-20-34-57-60(48)52-28-16-19-32-55(52)65(57,43-22-10-8-11-23-43)44-24-12-9-13-25-44)39-47(40-45)66(46-36-37-50-49-26-14-17-30-53(49)64(6,7)58(50)41-46)59-35-21-33-56-61(59)51-27-15-18-31-54(51)63(56,4)5/h8-41H,1-7H3. The highest BCUT2D eigenvalue weighted by Gasteiger charge is 2.47. The number of rotatable bonds is 6. The van der Waals surface area contributed by atoms with Gasteiger partial charge in [0.25, 0.3) is 0 Å². The Bertz CT molecular complexity index is 3360. The molecule has 1 heteroatoms. The minimum absolute atomic E-state index is 0.140. The van der Waals surface area contributed by atoms with Gasteiger partial charge >= 0.3 is 0 Å². The highest BCUT2D eigenvalue weighted by Crippen LogP contribution is 2.60. The van der Waals surface area contributed by atoms with Gasteiger partial charge in [0.2, 0.25) is 0 Å². The monoisotopic (exact) mass is 849 g/mol. The third-order valence-electron chi connectivity index (χ3n) is 15.5. The Hall–Kier alpha value is -7.22. The van der Waals surface area contributed by atoms with Crippen molar-refractivity contribution in [1.82, 2.24) is 0 Å². The van der Waals surface area contributed by atoms with Crippen molar-refractivity contribution < 1.29 is 0 Å². The third kappa shape index (κ3) is 5.65. The van der Waals surface area contributed by atoms with E-state index in [4.69, 9.17) is 0 Å². The van der Waals surface area contributed by atoms with Crippen molar-refractivity contribution >= 4 is 17.1 Å². The summed E-state index contributed by atoms with van der Waals surface area (Å²) in [6.07, 6.45) is 0. The smallest absolute Gasteiger partial charge is 0.0713 e. The molecule has 3 aliphatic carbocycles. The van der Waals surface area contributed by atoms with Crippen LogP contribution in [0.25, 0.3) is 44.5 Å². The first kappa shape index (κ1) is 40.3. The van der Waals surface area contributed by atoms with Gasteiger partial charge in [-0.25, -0.2) is 0 Å². The summed E-state index contributed by atoms with van der Waals surface area (Å²) in [5.41, 5.74) is 24.9. The van der Waals surface area contributed by atoms with Gasteiger partial charge in [-0.3, -0.25) is 0 Å². The Morgan fingerprint density at radius 2 is 0.848 bits per heavy atom. The van der Waals surface area contributed by atoms with Crippen LogP contribution in [-0.4, -0.2) is 0 Å². The lowest BCUT2D eigenvalue weighted by Gasteiger charge is -2.34. The van der Waals surface area contributed by atoms with Crippen molar-refractivity contribution in [1.29, 1.82) is 0 Å². The van der Waals surface area contributed by atoms with Gasteiger partial charge in [0.15, 0.2) is 0 Å². The molecule has 9 aromatic rings. The number of hydrogen-bond donors (Lipinski definition) is 0. The van der Waals surface area contributed by atoms with Crippen LogP contribution in [-0.2, 0) is 21.7 Å². The number of anilines is 3. The van der Waals surface area contributed by atoms with E-state index in [0.29, 0.717) is 0 Å². The van der Waals surface area contributed by atoms with E-state index >= 15 is 0 Å². The summed E-state index contributed by atoms with van der Waals surface area (Å²) in [6.45, 7) is 16.6. The fourth-order valence-corrected chi connectivity index (χ4v) is 12.2. The summed E-state index contributed by atoms with van der Waals surface area (Å²) in [5.74, 6) is 0. The molecule has 12 rings (SSSR count). The summed E-state index contributed by atoms with van der Waals surface area (Å²) in [6, 6.07) is 78.2. The molecule has 0 N–H and O–H groups in total. The molecule has 0 saturated heterocycles. The summed E-state index contributed by atoms with van der Waals surface area (Å²) < 4.78 is 0. The first-order valence-electron chi connectivity index (χ1n) is 23.7. The van der Waals surface area contributed by atoms with Gasteiger partial charge in [-0.1, -0.05) is 224 Å². The summed E-state index contributed by atoms with van der Waals surface area (Å²) >= 11 is 0. The zero-order valence-corrected chi connectivity index (χ0v) is 39.1. The topological polar surface area (TPSA) is 3.24 Å². The lowest BCUT2D eigenvalue weighted by Crippen LogP contribution is -2.28. The van der Waals surface area contributed by atoms with E-state index in [1.807, 2.05) is 0 Å². The van der Waals surface area contributed by atoms with Crippen LogP contribution in [0.5, 0.6) is 0 Å². The van der Waals surface area contributed by atoms with Crippen LogP contribution in [0.15, 0.2) is 206 Å². The van der Waals surface area contributed by atoms with Crippen LogP contribution < -0.4 is 4.90 Å². The minimum atomic E-state index is -0.486. The molecule has 3 aliphatic rings. The quantitative estimate of drug-likeness (QED) is 0.161. The molecule has 0 saturated carbocycles. The molecule has 0 heterocycles. The Kier molecular flexibility index (Phi) is 8.79. The van der Waals surface area contributed by atoms with Crippen molar-refractivity contribution in [3.05, 3.63) is 256 Å². The fourth-order valence-electron chi connectivity index (χ4n) is 12.2. The van der Waals surface area contributed by atoms with E-state index in [1.54, 1.807) is 0 Å². The van der Waals surface area contributed by atoms with Crippen molar-refractivity contribution in [2.75, 3.05) is 4.90 Å². The molecular weight excluding hydrogens is 795 g/mol. The predicted molar refractivity (Wildman–Crippen MR) is 278 cm³/mol. The Morgan fingerprint density at radius 3 is 1.52 bits per heavy atom. The molecule has 0 amide bonds. The molecule has 0 aliphatic heterocycles. The van der Waals surface area contributed by atoms with Crippen molar-refractivity contribution in [3.63, 3.8) is 0 Å². The van der Waals surface area contributed by atoms with E-state index < -0.39 is 5.41 Å². The van der Waals surface area contributed by atoms with Crippen LogP contribution in [0.3, 0.4) is 0 Å². The van der Waals surface area contributed by atoms with Crippen LogP contribution in [0, 0.1) is 0 Å². The Morgan fingerprint density at radius 1 is 0.348 bits per heavy atom. The molecule has 1 nitrogen and oxygen atoms in total. The number of benzene rings is 9. The van der Waals surface area contributed by atoms with Crippen LogP contribution in [0.1, 0.15) is 98.5 Å². The predicted octanol–water partition coefficient (Wildman–Crippen LogP) is 17.1. The van der Waals surface area contributed by atoms with Crippen LogP contribution in [0.2, 0.25) is 0 Å². The molecular formula is C65H55N. The molecule has 66 heavy (non-hydrogen) atoms. The number of fused-ring (bicyclic) bond motifs is 9. The number of nitrogens with zero attached hydrogens (tertiary/aromatic N) is 1. The summed E-state index contributed by atoms with van der Waals surface area (Å²) in [4.78, 5) is 2.59. The van der Waals surface area contributed by atoms with Crippen LogP contribution >= 0.6 is 0 Å². The van der Waals surface area contributed by atoms with Crippen molar-refractivity contribution in [2.45, 2.75) is 70.1 Å². The average Bonchev–Trinajstić information content (AvgIpc) is 3.87. The Labute approximate surface area is 391 Å². The first-order chi connectivity index (χ1) is 31.9. The molecule has 0 unspecified atom stereocenters. The number of hydrogen-bond acceptors (Lipinski definition) is 1. The second kappa shape index (κ2) is 14.4. The largest absolute Gasteiger partial charge is 0.310 e. The second-order valence-electron chi connectivity index (χ2n) is 20.9. The fraction of sp³-hybridized carbons (Fsp3) is 0.169. The maximum absolute atomic E-state index is 2.59. The van der Waals surface area contributed by atoms with Crippen molar-refractivity contribution in [2.24, 2.45) is 0 Å².